The number of hydrogen-bond donors (Lipinski definition) is 2. The summed E-state index contributed by atoms with van der Waals surface area (Å²) in [5.74, 6) is -0.540. The molecule has 6 nitrogen and oxygen atoms in total. The van der Waals surface area contributed by atoms with Crippen LogP contribution in [0.15, 0.2) is 72.8 Å². The Morgan fingerprint density at radius 3 is 2.26 bits per heavy atom. The molecule has 0 aliphatic carbocycles. The highest BCUT2D eigenvalue weighted by atomic mass is 35.5. The van der Waals surface area contributed by atoms with Crippen molar-refractivity contribution in [2.24, 2.45) is 0 Å². The molecule has 2 amide bonds. The summed E-state index contributed by atoms with van der Waals surface area (Å²) in [6.07, 6.45) is 0.251. The van der Waals surface area contributed by atoms with Gasteiger partial charge >= 0.3 is 5.97 Å². The fraction of sp³-hybridized carbons (Fsp3) is 0.125. The summed E-state index contributed by atoms with van der Waals surface area (Å²) in [4.78, 5) is 35.6. The molecule has 0 heterocycles. The van der Waals surface area contributed by atoms with Crippen molar-refractivity contribution in [3.63, 3.8) is 0 Å². The Balaban J connectivity index is 1.51. The van der Waals surface area contributed by atoms with Gasteiger partial charge in [-0.25, -0.2) is 0 Å². The second kappa shape index (κ2) is 10.4. The van der Waals surface area contributed by atoms with Gasteiger partial charge in [-0.05, 0) is 53.6 Å². The summed E-state index contributed by atoms with van der Waals surface area (Å²) in [7, 11) is 0. The van der Waals surface area contributed by atoms with Crippen LogP contribution in [0.3, 0.4) is 0 Å². The summed E-state index contributed by atoms with van der Waals surface area (Å²) in [6.45, 7) is 1.62. The number of ether oxygens (including phenoxy) is 1. The maximum Gasteiger partial charge on any atom is 0.308 e. The molecule has 2 N–H and O–H groups in total. The smallest absolute Gasteiger partial charge is 0.308 e. The lowest BCUT2D eigenvalue weighted by molar-refractivity contribution is -0.131. The van der Waals surface area contributed by atoms with E-state index in [1.165, 1.54) is 13.0 Å². The van der Waals surface area contributed by atoms with Crippen molar-refractivity contribution >= 4 is 35.1 Å². The van der Waals surface area contributed by atoms with Gasteiger partial charge in [-0.1, -0.05) is 41.9 Å². The van der Waals surface area contributed by atoms with Gasteiger partial charge in [0.15, 0.2) is 0 Å². The quantitative estimate of drug-likeness (QED) is 0.425. The summed E-state index contributed by atoms with van der Waals surface area (Å²) in [5, 5.41) is 6.29. The van der Waals surface area contributed by atoms with Crippen molar-refractivity contribution in [1.82, 2.24) is 5.32 Å². The molecule has 0 spiro atoms. The molecule has 3 rings (SSSR count). The number of benzene rings is 3. The van der Waals surface area contributed by atoms with Crippen LogP contribution in [-0.2, 0) is 22.6 Å². The largest absolute Gasteiger partial charge is 0.427 e. The zero-order chi connectivity index (χ0) is 22.2. The fourth-order valence-electron chi connectivity index (χ4n) is 2.85. The fourth-order valence-corrected chi connectivity index (χ4v) is 2.98. The molecule has 0 aliphatic heterocycles. The van der Waals surface area contributed by atoms with E-state index in [9.17, 15) is 14.4 Å². The summed E-state index contributed by atoms with van der Waals surface area (Å²) in [5.41, 5.74) is 2.81. The SMILES string of the molecule is CC(=O)Oc1cccc(C(=O)NCc2ccc(NC(=O)Cc3ccc(Cl)cc3)cc2)c1. The number of carbonyl (C=O) groups excluding carboxylic acids is 3. The molecule has 0 fully saturated rings. The predicted molar refractivity (Wildman–Crippen MR) is 119 cm³/mol. The molecule has 0 unspecified atom stereocenters. The minimum absolute atomic E-state index is 0.129. The van der Waals surface area contributed by atoms with E-state index in [1.807, 2.05) is 24.3 Å². The molecule has 0 saturated heterocycles. The average Bonchev–Trinajstić information content (AvgIpc) is 2.74. The molecule has 0 saturated carbocycles. The third-order valence-electron chi connectivity index (χ3n) is 4.33. The maximum absolute atomic E-state index is 12.3. The van der Waals surface area contributed by atoms with E-state index in [0.29, 0.717) is 28.6 Å². The van der Waals surface area contributed by atoms with Gasteiger partial charge in [-0.2, -0.15) is 0 Å². The molecule has 7 heteroatoms. The van der Waals surface area contributed by atoms with Gasteiger partial charge in [-0.15, -0.1) is 0 Å². The van der Waals surface area contributed by atoms with Gasteiger partial charge in [0.25, 0.3) is 5.91 Å². The van der Waals surface area contributed by atoms with E-state index in [0.717, 1.165) is 11.1 Å². The second-order valence-corrected chi connectivity index (χ2v) is 7.29. The normalized spacial score (nSPS) is 10.3. The van der Waals surface area contributed by atoms with Gasteiger partial charge in [0.05, 0.1) is 6.42 Å². The van der Waals surface area contributed by atoms with Crippen LogP contribution in [0.4, 0.5) is 5.69 Å². The first-order chi connectivity index (χ1) is 14.9. The molecule has 3 aromatic carbocycles. The molecular formula is C24H21ClN2O4. The molecule has 31 heavy (non-hydrogen) atoms. The summed E-state index contributed by atoms with van der Waals surface area (Å²) in [6, 6.07) is 20.8. The second-order valence-electron chi connectivity index (χ2n) is 6.85. The molecule has 158 valence electrons. The number of carbonyl (C=O) groups is 3. The summed E-state index contributed by atoms with van der Waals surface area (Å²) < 4.78 is 5.00. The number of halogens is 1. The first-order valence-electron chi connectivity index (χ1n) is 9.59. The Bertz CT molecular complexity index is 1080. The van der Waals surface area contributed by atoms with Crippen molar-refractivity contribution in [2.45, 2.75) is 19.9 Å². The first kappa shape index (κ1) is 22.1. The topological polar surface area (TPSA) is 84.5 Å². The minimum Gasteiger partial charge on any atom is -0.427 e. The van der Waals surface area contributed by atoms with E-state index in [1.54, 1.807) is 42.5 Å². The molecule has 0 aromatic heterocycles. The molecule has 0 bridgehead atoms. The Labute approximate surface area is 185 Å². The van der Waals surface area contributed by atoms with E-state index in [-0.39, 0.29) is 18.2 Å². The van der Waals surface area contributed by atoms with E-state index in [4.69, 9.17) is 16.3 Å². The lowest BCUT2D eigenvalue weighted by Gasteiger charge is -2.09. The maximum atomic E-state index is 12.3. The van der Waals surface area contributed by atoms with Crippen molar-refractivity contribution < 1.29 is 19.1 Å². The molecule has 3 aromatic rings. The number of esters is 1. The van der Waals surface area contributed by atoms with Crippen molar-refractivity contribution in [1.29, 1.82) is 0 Å². The predicted octanol–water partition coefficient (Wildman–Crippen LogP) is 4.38. The van der Waals surface area contributed by atoms with Crippen LogP contribution >= 0.6 is 11.6 Å². The van der Waals surface area contributed by atoms with E-state index >= 15 is 0 Å². The third kappa shape index (κ3) is 6.97. The van der Waals surface area contributed by atoms with Crippen LogP contribution in [0.1, 0.15) is 28.4 Å². The van der Waals surface area contributed by atoms with E-state index in [2.05, 4.69) is 10.6 Å². The standard InChI is InChI=1S/C24H21ClN2O4/c1-16(28)31-22-4-2-3-19(14-22)24(30)26-15-18-7-11-21(12-8-18)27-23(29)13-17-5-9-20(25)10-6-17/h2-12,14H,13,15H2,1H3,(H,26,30)(H,27,29). The Hall–Kier alpha value is -3.64. The van der Waals surface area contributed by atoms with Crippen LogP contribution in [0.25, 0.3) is 0 Å². The van der Waals surface area contributed by atoms with Gasteiger partial charge in [-0.3, -0.25) is 14.4 Å². The van der Waals surface area contributed by atoms with Gasteiger partial charge in [0.1, 0.15) is 5.75 Å². The van der Waals surface area contributed by atoms with E-state index < -0.39 is 5.97 Å². The number of rotatable bonds is 7. The lowest BCUT2D eigenvalue weighted by Crippen LogP contribution is -2.22. The van der Waals surface area contributed by atoms with Crippen LogP contribution in [0.5, 0.6) is 5.75 Å². The summed E-state index contributed by atoms with van der Waals surface area (Å²) >= 11 is 5.85. The third-order valence-corrected chi connectivity index (χ3v) is 4.58. The monoisotopic (exact) mass is 436 g/mol. The number of anilines is 1. The highest BCUT2D eigenvalue weighted by Gasteiger charge is 2.08. The van der Waals surface area contributed by atoms with Gasteiger partial charge in [0.2, 0.25) is 5.91 Å². The van der Waals surface area contributed by atoms with Crippen LogP contribution in [0, 0.1) is 0 Å². The zero-order valence-electron chi connectivity index (χ0n) is 16.9. The van der Waals surface area contributed by atoms with Crippen molar-refractivity contribution in [3.8, 4) is 5.75 Å². The first-order valence-corrected chi connectivity index (χ1v) is 9.97. The molecular weight excluding hydrogens is 416 g/mol. The molecule has 0 aliphatic rings. The Morgan fingerprint density at radius 2 is 1.58 bits per heavy atom. The zero-order valence-corrected chi connectivity index (χ0v) is 17.6. The minimum atomic E-state index is -0.446. The number of hydrogen-bond acceptors (Lipinski definition) is 4. The average molecular weight is 437 g/mol. The molecule has 0 atom stereocenters. The lowest BCUT2D eigenvalue weighted by atomic mass is 10.1. The molecule has 0 radical (unpaired) electrons. The Morgan fingerprint density at radius 1 is 0.903 bits per heavy atom. The van der Waals surface area contributed by atoms with Gasteiger partial charge in [0, 0.05) is 29.7 Å². The Kier molecular flexibility index (Phi) is 7.40. The highest BCUT2D eigenvalue weighted by molar-refractivity contribution is 6.30. The van der Waals surface area contributed by atoms with Crippen molar-refractivity contribution in [2.75, 3.05) is 5.32 Å². The number of amides is 2. The number of nitrogens with one attached hydrogen (secondary N) is 2. The van der Waals surface area contributed by atoms with Crippen molar-refractivity contribution in [3.05, 3.63) is 94.5 Å². The van der Waals surface area contributed by atoms with Crippen LogP contribution in [-0.4, -0.2) is 17.8 Å². The van der Waals surface area contributed by atoms with Gasteiger partial charge < -0.3 is 15.4 Å². The van der Waals surface area contributed by atoms with Crippen LogP contribution in [0.2, 0.25) is 5.02 Å². The van der Waals surface area contributed by atoms with Crippen LogP contribution < -0.4 is 15.4 Å². The highest BCUT2D eigenvalue weighted by Crippen LogP contribution is 2.15.